The second kappa shape index (κ2) is 5.32. The fraction of sp³-hybridized carbons (Fsp3) is 0.0714. The van der Waals surface area contributed by atoms with E-state index in [1.807, 2.05) is 25.1 Å². The molecule has 0 aliphatic rings. The smallest absolute Gasteiger partial charge is 0.248 e. The summed E-state index contributed by atoms with van der Waals surface area (Å²) in [5.74, 6) is -0.489. The van der Waals surface area contributed by atoms with E-state index in [9.17, 15) is 4.79 Å². The van der Waals surface area contributed by atoms with Crippen molar-refractivity contribution < 1.29 is 4.79 Å². The van der Waals surface area contributed by atoms with Gasteiger partial charge < -0.3 is 16.8 Å². The van der Waals surface area contributed by atoms with Crippen LogP contribution in [0.3, 0.4) is 0 Å². The lowest BCUT2D eigenvalue weighted by Gasteiger charge is -2.13. The van der Waals surface area contributed by atoms with E-state index in [1.165, 1.54) is 0 Å². The first kappa shape index (κ1) is 13.4. The number of nitrogens with one attached hydrogen (secondary N) is 1. The standard InChI is InChI=1S/C14H14BrN3O/c1-8-10(15)3-2-4-12(8)18-13-6-5-9(14(17)19)7-11(13)16/h2-7,18H,16H2,1H3,(H2,17,19). The minimum atomic E-state index is -0.489. The maximum Gasteiger partial charge on any atom is 0.248 e. The van der Waals surface area contributed by atoms with Crippen LogP contribution in [0.25, 0.3) is 0 Å². The number of benzene rings is 2. The van der Waals surface area contributed by atoms with Crippen LogP contribution < -0.4 is 16.8 Å². The van der Waals surface area contributed by atoms with Gasteiger partial charge >= 0.3 is 0 Å². The number of nitrogens with two attached hydrogens (primary N) is 2. The topological polar surface area (TPSA) is 81.1 Å². The predicted molar refractivity (Wildman–Crippen MR) is 81.5 cm³/mol. The summed E-state index contributed by atoms with van der Waals surface area (Å²) in [5.41, 5.74) is 14.8. The highest BCUT2D eigenvalue weighted by molar-refractivity contribution is 9.10. The molecule has 0 unspecified atom stereocenters. The molecule has 2 aromatic carbocycles. The molecular formula is C14H14BrN3O. The molecule has 0 radical (unpaired) electrons. The molecule has 5 N–H and O–H groups in total. The summed E-state index contributed by atoms with van der Waals surface area (Å²) >= 11 is 3.48. The van der Waals surface area contributed by atoms with Gasteiger partial charge in [-0.05, 0) is 42.8 Å². The molecule has 0 atom stereocenters. The van der Waals surface area contributed by atoms with Crippen molar-refractivity contribution in [3.05, 3.63) is 52.0 Å². The van der Waals surface area contributed by atoms with Crippen LogP contribution in [-0.2, 0) is 0 Å². The van der Waals surface area contributed by atoms with E-state index in [2.05, 4.69) is 21.2 Å². The summed E-state index contributed by atoms with van der Waals surface area (Å²) in [4.78, 5) is 11.1. The van der Waals surface area contributed by atoms with Crippen molar-refractivity contribution in [1.29, 1.82) is 0 Å². The normalized spacial score (nSPS) is 10.2. The summed E-state index contributed by atoms with van der Waals surface area (Å²) in [6.07, 6.45) is 0. The molecule has 0 aromatic heterocycles. The van der Waals surface area contributed by atoms with Gasteiger partial charge in [0.15, 0.2) is 0 Å². The van der Waals surface area contributed by atoms with Gasteiger partial charge in [0.2, 0.25) is 5.91 Å². The average Bonchev–Trinajstić information content (AvgIpc) is 2.37. The van der Waals surface area contributed by atoms with E-state index < -0.39 is 5.91 Å². The zero-order valence-electron chi connectivity index (χ0n) is 10.4. The number of carbonyl (C=O) groups is 1. The number of hydrogen-bond acceptors (Lipinski definition) is 3. The Morgan fingerprint density at radius 3 is 2.58 bits per heavy atom. The summed E-state index contributed by atoms with van der Waals surface area (Å²) in [5, 5.41) is 3.24. The molecule has 0 saturated heterocycles. The maximum absolute atomic E-state index is 11.1. The lowest BCUT2D eigenvalue weighted by Crippen LogP contribution is -2.11. The van der Waals surface area contributed by atoms with Gasteiger partial charge in [0.1, 0.15) is 0 Å². The highest BCUT2D eigenvalue weighted by Gasteiger charge is 2.07. The van der Waals surface area contributed by atoms with Gasteiger partial charge in [-0.3, -0.25) is 4.79 Å². The van der Waals surface area contributed by atoms with Crippen molar-refractivity contribution in [2.45, 2.75) is 6.92 Å². The molecule has 1 amide bonds. The van der Waals surface area contributed by atoms with Crippen LogP contribution in [0, 0.1) is 6.92 Å². The molecule has 0 aliphatic carbocycles. The lowest BCUT2D eigenvalue weighted by molar-refractivity contribution is 0.100. The third-order valence-electron chi connectivity index (χ3n) is 2.87. The lowest BCUT2D eigenvalue weighted by atomic mass is 10.1. The molecule has 0 fully saturated rings. The van der Waals surface area contributed by atoms with E-state index in [-0.39, 0.29) is 0 Å². The predicted octanol–water partition coefficient (Wildman–Crippen LogP) is 3.18. The van der Waals surface area contributed by atoms with Crippen LogP contribution in [0.4, 0.5) is 17.1 Å². The first-order valence-corrected chi connectivity index (χ1v) is 6.50. The van der Waals surface area contributed by atoms with E-state index >= 15 is 0 Å². The number of hydrogen-bond donors (Lipinski definition) is 3. The van der Waals surface area contributed by atoms with Gasteiger partial charge in [0.05, 0.1) is 11.4 Å². The third kappa shape index (κ3) is 2.88. The van der Waals surface area contributed by atoms with Crippen LogP contribution in [0.1, 0.15) is 15.9 Å². The van der Waals surface area contributed by atoms with Crippen LogP contribution in [0.2, 0.25) is 0 Å². The van der Waals surface area contributed by atoms with Crippen LogP contribution in [0.15, 0.2) is 40.9 Å². The van der Waals surface area contributed by atoms with Crippen molar-refractivity contribution in [3.8, 4) is 0 Å². The number of rotatable bonds is 3. The Kier molecular flexibility index (Phi) is 3.76. The summed E-state index contributed by atoms with van der Waals surface area (Å²) in [7, 11) is 0. The molecule has 0 saturated carbocycles. The number of primary amides is 1. The fourth-order valence-electron chi connectivity index (χ4n) is 1.72. The highest BCUT2D eigenvalue weighted by atomic mass is 79.9. The number of amides is 1. The number of carbonyl (C=O) groups excluding carboxylic acids is 1. The van der Waals surface area contributed by atoms with Crippen molar-refractivity contribution in [3.63, 3.8) is 0 Å². The Hall–Kier alpha value is -2.01. The largest absolute Gasteiger partial charge is 0.397 e. The number of nitrogen functional groups attached to an aromatic ring is 1. The van der Waals surface area contributed by atoms with Crippen molar-refractivity contribution in [1.82, 2.24) is 0 Å². The Morgan fingerprint density at radius 1 is 1.21 bits per heavy atom. The van der Waals surface area contributed by atoms with Crippen LogP contribution >= 0.6 is 15.9 Å². The van der Waals surface area contributed by atoms with Crippen LogP contribution in [0.5, 0.6) is 0 Å². The summed E-state index contributed by atoms with van der Waals surface area (Å²) in [6, 6.07) is 10.8. The van der Waals surface area contributed by atoms with E-state index in [1.54, 1.807) is 18.2 Å². The molecule has 4 nitrogen and oxygen atoms in total. The Bertz CT molecular complexity index is 641. The quantitative estimate of drug-likeness (QED) is 0.760. The van der Waals surface area contributed by atoms with Gasteiger partial charge in [-0.1, -0.05) is 22.0 Å². The SMILES string of the molecule is Cc1c(Br)cccc1Nc1ccc(C(N)=O)cc1N. The van der Waals surface area contributed by atoms with E-state index in [0.717, 1.165) is 21.4 Å². The second-order valence-electron chi connectivity index (χ2n) is 4.20. The first-order chi connectivity index (χ1) is 8.99. The average molecular weight is 320 g/mol. The maximum atomic E-state index is 11.1. The molecule has 2 rings (SSSR count). The van der Waals surface area contributed by atoms with Gasteiger partial charge in [0.25, 0.3) is 0 Å². The molecule has 0 heterocycles. The number of halogens is 1. The van der Waals surface area contributed by atoms with E-state index in [0.29, 0.717) is 11.3 Å². The van der Waals surface area contributed by atoms with Gasteiger partial charge in [-0.25, -0.2) is 0 Å². The summed E-state index contributed by atoms with van der Waals surface area (Å²) in [6.45, 7) is 2.00. The minimum Gasteiger partial charge on any atom is -0.397 e. The molecule has 0 aliphatic heterocycles. The number of anilines is 3. The Labute approximate surface area is 119 Å². The highest BCUT2D eigenvalue weighted by Crippen LogP contribution is 2.29. The molecule has 2 aromatic rings. The van der Waals surface area contributed by atoms with Crippen molar-refractivity contribution in [2.75, 3.05) is 11.1 Å². The van der Waals surface area contributed by atoms with E-state index in [4.69, 9.17) is 11.5 Å². The molecule has 0 spiro atoms. The second-order valence-corrected chi connectivity index (χ2v) is 5.06. The molecular weight excluding hydrogens is 306 g/mol. The van der Waals surface area contributed by atoms with Crippen molar-refractivity contribution in [2.24, 2.45) is 5.73 Å². The molecule has 5 heteroatoms. The van der Waals surface area contributed by atoms with Gasteiger partial charge in [-0.15, -0.1) is 0 Å². The Balaban J connectivity index is 2.34. The Morgan fingerprint density at radius 2 is 1.95 bits per heavy atom. The molecule has 19 heavy (non-hydrogen) atoms. The monoisotopic (exact) mass is 319 g/mol. The summed E-state index contributed by atoms with van der Waals surface area (Å²) < 4.78 is 1.02. The minimum absolute atomic E-state index is 0.397. The first-order valence-electron chi connectivity index (χ1n) is 5.70. The zero-order valence-corrected chi connectivity index (χ0v) is 12.0. The molecule has 0 bridgehead atoms. The zero-order chi connectivity index (χ0) is 14.0. The van der Waals surface area contributed by atoms with Gasteiger partial charge in [0, 0.05) is 15.7 Å². The fourth-order valence-corrected chi connectivity index (χ4v) is 2.08. The third-order valence-corrected chi connectivity index (χ3v) is 3.73. The van der Waals surface area contributed by atoms with Crippen molar-refractivity contribution >= 4 is 38.9 Å². The molecule has 98 valence electrons. The van der Waals surface area contributed by atoms with Gasteiger partial charge in [-0.2, -0.15) is 0 Å². The van der Waals surface area contributed by atoms with Crippen LogP contribution in [-0.4, -0.2) is 5.91 Å².